The van der Waals surface area contributed by atoms with Crippen LogP contribution in [0.25, 0.3) is 0 Å². The minimum atomic E-state index is -0.812. The highest BCUT2D eigenvalue weighted by atomic mass is 16.3. The van der Waals surface area contributed by atoms with E-state index in [1.807, 2.05) is 18.2 Å². The highest BCUT2D eigenvalue weighted by Gasteiger charge is 2.13. The van der Waals surface area contributed by atoms with Crippen LogP contribution in [0.1, 0.15) is 40.6 Å². The molecule has 128 valence electrons. The number of hydrogen-bond donors (Lipinski definition) is 3. The van der Waals surface area contributed by atoms with E-state index in [9.17, 15) is 14.7 Å². The number of hydrogen-bond acceptors (Lipinski definition) is 4. The second-order valence-electron chi connectivity index (χ2n) is 5.52. The van der Waals surface area contributed by atoms with Crippen LogP contribution in [0.4, 0.5) is 0 Å². The van der Waals surface area contributed by atoms with Crippen molar-refractivity contribution in [2.75, 3.05) is 13.1 Å². The molecule has 2 aromatic rings. The predicted molar refractivity (Wildman–Crippen MR) is 89.4 cm³/mol. The summed E-state index contributed by atoms with van der Waals surface area (Å²) < 4.78 is 5.10. The molecule has 1 aromatic carbocycles. The van der Waals surface area contributed by atoms with Crippen LogP contribution in [0.5, 0.6) is 0 Å². The lowest BCUT2D eigenvalue weighted by Crippen LogP contribution is -2.30. The molecule has 0 aliphatic rings. The lowest BCUT2D eigenvalue weighted by atomic mass is 10.1. The van der Waals surface area contributed by atoms with Crippen LogP contribution in [0.3, 0.4) is 0 Å². The zero-order chi connectivity index (χ0) is 17.4. The summed E-state index contributed by atoms with van der Waals surface area (Å²) in [7, 11) is 0. The van der Waals surface area contributed by atoms with Crippen LogP contribution < -0.4 is 10.6 Å². The van der Waals surface area contributed by atoms with Gasteiger partial charge in [-0.25, -0.2) is 0 Å². The number of amides is 2. The van der Waals surface area contributed by atoms with E-state index in [0.717, 1.165) is 5.56 Å². The van der Waals surface area contributed by atoms with Crippen molar-refractivity contribution in [2.45, 2.75) is 25.9 Å². The molecule has 1 atom stereocenters. The molecule has 1 unspecified atom stereocenters. The maximum Gasteiger partial charge on any atom is 0.287 e. The topological polar surface area (TPSA) is 91.6 Å². The second-order valence-corrected chi connectivity index (χ2v) is 5.52. The van der Waals surface area contributed by atoms with Crippen LogP contribution in [-0.2, 0) is 4.79 Å². The zero-order valence-corrected chi connectivity index (χ0v) is 13.6. The number of furan rings is 1. The first-order valence-electron chi connectivity index (χ1n) is 7.90. The van der Waals surface area contributed by atoms with Gasteiger partial charge in [0.15, 0.2) is 5.76 Å². The highest BCUT2D eigenvalue weighted by Crippen LogP contribution is 2.15. The van der Waals surface area contributed by atoms with E-state index in [0.29, 0.717) is 30.8 Å². The third kappa shape index (κ3) is 5.24. The molecule has 0 bridgehead atoms. The van der Waals surface area contributed by atoms with Gasteiger partial charge in [-0.1, -0.05) is 30.3 Å². The summed E-state index contributed by atoms with van der Waals surface area (Å²) >= 11 is 0. The van der Waals surface area contributed by atoms with Crippen LogP contribution >= 0.6 is 0 Å². The molecule has 0 saturated carbocycles. The number of aliphatic hydroxyl groups excluding tert-OH is 1. The predicted octanol–water partition coefficient (Wildman–Crippen LogP) is 1.95. The van der Waals surface area contributed by atoms with E-state index in [1.54, 1.807) is 25.1 Å². The Kier molecular flexibility index (Phi) is 6.57. The molecule has 0 aliphatic heterocycles. The van der Waals surface area contributed by atoms with E-state index >= 15 is 0 Å². The zero-order valence-electron chi connectivity index (χ0n) is 13.6. The van der Waals surface area contributed by atoms with Gasteiger partial charge in [-0.05, 0) is 25.0 Å². The fourth-order valence-electron chi connectivity index (χ4n) is 2.24. The van der Waals surface area contributed by atoms with Gasteiger partial charge in [-0.15, -0.1) is 0 Å². The van der Waals surface area contributed by atoms with Gasteiger partial charge in [-0.3, -0.25) is 9.59 Å². The van der Waals surface area contributed by atoms with Crippen LogP contribution in [0.15, 0.2) is 47.1 Å². The van der Waals surface area contributed by atoms with Gasteiger partial charge in [0.2, 0.25) is 5.91 Å². The van der Waals surface area contributed by atoms with Crippen molar-refractivity contribution in [3.63, 3.8) is 0 Å². The van der Waals surface area contributed by atoms with Crippen molar-refractivity contribution in [2.24, 2.45) is 0 Å². The maximum absolute atomic E-state index is 11.8. The maximum atomic E-state index is 11.8. The van der Waals surface area contributed by atoms with E-state index in [4.69, 9.17) is 4.42 Å². The molecular formula is C18H22N2O4. The second kappa shape index (κ2) is 8.88. The first kappa shape index (κ1) is 17.7. The summed E-state index contributed by atoms with van der Waals surface area (Å²) in [5.41, 5.74) is 1.50. The third-order valence-corrected chi connectivity index (χ3v) is 3.59. The molecule has 1 heterocycles. The smallest absolute Gasteiger partial charge is 0.287 e. The SMILES string of the molecule is Cc1ccoc1C(=O)NCCCNC(=O)CC(O)c1ccccc1. The molecule has 2 rings (SSSR count). The molecule has 1 aromatic heterocycles. The van der Waals surface area contributed by atoms with E-state index in [1.165, 1.54) is 6.26 Å². The summed E-state index contributed by atoms with van der Waals surface area (Å²) in [5, 5.41) is 15.4. The van der Waals surface area contributed by atoms with E-state index < -0.39 is 6.10 Å². The summed E-state index contributed by atoms with van der Waals surface area (Å²) in [6.07, 6.45) is 1.27. The molecule has 6 heteroatoms. The molecule has 0 radical (unpaired) electrons. The van der Waals surface area contributed by atoms with Crippen molar-refractivity contribution in [1.29, 1.82) is 0 Å². The van der Waals surface area contributed by atoms with E-state index in [-0.39, 0.29) is 18.2 Å². The number of carbonyl (C=O) groups is 2. The fraction of sp³-hybridized carbons (Fsp3) is 0.333. The summed E-state index contributed by atoms with van der Waals surface area (Å²) in [4.78, 5) is 23.6. The lowest BCUT2D eigenvalue weighted by molar-refractivity contribution is -0.123. The largest absolute Gasteiger partial charge is 0.459 e. The molecule has 3 N–H and O–H groups in total. The fourth-order valence-corrected chi connectivity index (χ4v) is 2.24. The Hall–Kier alpha value is -2.60. The Morgan fingerprint density at radius 1 is 1.12 bits per heavy atom. The lowest BCUT2D eigenvalue weighted by Gasteiger charge is -2.11. The van der Waals surface area contributed by atoms with Crippen LogP contribution in [0, 0.1) is 6.92 Å². The molecule has 2 amide bonds. The monoisotopic (exact) mass is 330 g/mol. The average Bonchev–Trinajstić information content (AvgIpc) is 3.01. The molecular weight excluding hydrogens is 308 g/mol. The van der Waals surface area contributed by atoms with Gasteiger partial charge in [0.05, 0.1) is 18.8 Å². The molecule has 0 spiro atoms. The first-order chi connectivity index (χ1) is 11.6. The quantitative estimate of drug-likeness (QED) is 0.645. The summed E-state index contributed by atoms with van der Waals surface area (Å²) in [5.74, 6) is -0.173. The number of carbonyl (C=O) groups excluding carboxylic acids is 2. The van der Waals surface area contributed by atoms with Crippen molar-refractivity contribution in [3.05, 3.63) is 59.5 Å². The van der Waals surface area contributed by atoms with Crippen molar-refractivity contribution in [3.8, 4) is 0 Å². The minimum absolute atomic E-state index is 0.0158. The number of rotatable bonds is 8. The van der Waals surface area contributed by atoms with Gasteiger partial charge in [0.25, 0.3) is 5.91 Å². The van der Waals surface area contributed by atoms with Gasteiger partial charge in [0.1, 0.15) is 0 Å². The molecule has 24 heavy (non-hydrogen) atoms. The van der Waals surface area contributed by atoms with Crippen LogP contribution in [-0.4, -0.2) is 30.0 Å². The summed E-state index contributed by atoms with van der Waals surface area (Å²) in [6, 6.07) is 10.8. The van der Waals surface area contributed by atoms with E-state index in [2.05, 4.69) is 10.6 Å². The molecule has 0 fully saturated rings. The van der Waals surface area contributed by atoms with Crippen molar-refractivity contribution in [1.82, 2.24) is 10.6 Å². The Balaban J connectivity index is 1.61. The van der Waals surface area contributed by atoms with Crippen molar-refractivity contribution < 1.29 is 19.1 Å². The first-order valence-corrected chi connectivity index (χ1v) is 7.90. The highest BCUT2D eigenvalue weighted by molar-refractivity contribution is 5.92. The average molecular weight is 330 g/mol. The van der Waals surface area contributed by atoms with Gasteiger partial charge in [-0.2, -0.15) is 0 Å². The molecule has 0 aliphatic carbocycles. The van der Waals surface area contributed by atoms with Crippen LogP contribution in [0.2, 0.25) is 0 Å². The molecule has 0 saturated heterocycles. The number of nitrogens with one attached hydrogen (secondary N) is 2. The molecule has 6 nitrogen and oxygen atoms in total. The minimum Gasteiger partial charge on any atom is -0.459 e. The number of benzene rings is 1. The summed E-state index contributed by atoms with van der Waals surface area (Å²) in [6.45, 7) is 2.66. The van der Waals surface area contributed by atoms with Gasteiger partial charge in [0, 0.05) is 18.7 Å². The Labute approximate surface area is 140 Å². The Morgan fingerprint density at radius 3 is 2.50 bits per heavy atom. The third-order valence-electron chi connectivity index (χ3n) is 3.59. The van der Waals surface area contributed by atoms with Gasteiger partial charge < -0.3 is 20.2 Å². The standard InChI is InChI=1S/C18H22N2O4/c1-13-8-11-24-17(13)18(23)20-10-5-9-19-16(22)12-15(21)14-6-3-2-4-7-14/h2-4,6-8,11,15,21H,5,9-10,12H2,1H3,(H,19,22)(H,20,23). The Morgan fingerprint density at radius 2 is 1.83 bits per heavy atom. The number of aliphatic hydroxyl groups is 1. The number of aryl methyl sites for hydroxylation is 1. The van der Waals surface area contributed by atoms with Crippen molar-refractivity contribution >= 4 is 11.8 Å². The normalized spacial score (nSPS) is 11.8. The Bertz CT molecular complexity index is 667. The van der Waals surface area contributed by atoms with Gasteiger partial charge >= 0.3 is 0 Å².